The lowest BCUT2D eigenvalue weighted by atomic mass is 9.94. The van der Waals surface area contributed by atoms with E-state index in [1.54, 1.807) is 25.5 Å². The standard InChI is InChI=1S/C23H26N6O2.C21H28N4O2.C16H20N4.2C9H14N2O.C8H10N2O3.C6H8N2O.C3H7I.3ClH/c1-23(9-10-23)22-28-21(31-29-22)20(30)27-17-5-3-2-4-13-12-14(6-7-15(13)17)16-8-11-26-19(25)18(16)24;1-21(2,3)27-20(26)25-17-7-5-4-6-13-12-14(8-9-15(13)17)16-10-11-24-19(23)18(16)22;17-14-4-2-1-3-10-9-11(5-6-12(10)14)13-7-8-20-16(19)15(13)18;2*1-6(2)11-8(4)9(5-12)7(3)10-11;1-8(3-4-8)7-9-5(13-10-7)6(11)12-2;1-4-6(3-9)5(2)8-7-4;1-3(2)4;;;/h6-8,11-12,17H,2-5,9-10,24H2,1H3,(H2,25,26)(H,27,30);8-12,17H,4-7,22H2,1-3H3,(H2,23,24)(H,25,26);5-9,14H,1-4,17-18H2,(H2,19,20);2*5-6H,1-4H3;3-4H2,1-2H3;3H,1-2H3,(H,7,8);3H,1-2H3;3*1H. The number of benzene rings is 3. The van der Waals surface area contributed by atoms with Crippen molar-refractivity contribution < 1.29 is 47.3 Å². The summed E-state index contributed by atoms with van der Waals surface area (Å²) in [5, 5.41) is 29.0. The zero-order valence-corrected chi connectivity index (χ0v) is 82.9. The van der Waals surface area contributed by atoms with Crippen molar-refractivity contribution in [1.29, 1.82) is 0 Å². The molecular formula is C95H130Cl3IN22O10. The van der Waals surface area contributed by atoms with Crippen molar-refractivity contribution in [1.82, 2.24) is 75.6 Å². The summed E-state index contributed by atoms with van der Waals surface area (Å²) < 4.78 is 24.4. The van der Waals surface area contributed by atoms with E-state index in [9.17, 15) is 28.8 Å². The SMILES string of the molecule is CC(C)(C)OC(=O)NC1CCCCc2cc(-c3ccnc(N)c3N)ccc21.CC(C)I.CC1(c2noc(C(=O)NC3CCCCc4cc(-c5ccnc(N)c5N)ccc43)n2)CC1.COC(=O)c1nc(C2(C)CC2)no1.Cc1n[nH]c(C)c1C=O.Cc1nn(C(C)C)c(C)c1C=O.Cc1nn(C(C)C)c(C)c1C=O.Cl.Cl.Cl.Nc1nccc(-c2ccc3c(c2)CCCCC3N)c1N. The molecule has 0 aliphatic heterocycles. The molecule has 0 spiro atoms. The number of nitrogens with zero attached hydrogens (tertiary/aromatic N) is 12. The Hall–Kier alpha value is -11.4. The number of aromatic amines is 1. The molecule has 0 radical (unpaired) electrons. The van der Waals surface area contributed by atoms with E-state index in [1.807, 2.05) is 130 Å². The molecule has 17 N–H and O–H groups in total. The summed E-state index contributed by atoms with van der Waals surface area (Å²) in [6.45, 7) is 33.4. The second kappa shape index (κ2) is 48.7. The number of nitrogens with two attached hydrogens (primary N) is 7. The van der Waals surface area contributed by atoms with Gasteiger partial charge < -0.3 is 69.3 Å². The molecule has 32 nitrogen and oxygen atoms in total. The van der Waals surface area contributed by atoms with Crippen molar-refractivity contribution >= 4 is 131 Å². The highest BCUT2D eigenvalue weighted by molar-refractivity contribution is 14.1. The monoisotopic (exact) mass is 1970 g/mol. The second-order valence-electron chi connectivity index (χ2n) is 35.2. The average Bonchev–Trinajstić information content (AvgIpc) is 1.66. The van der Waals surface area contributed by atoms with Gasteiger partial charge in [0.25, 0.3) is 0 Å². The largest absolute Gasteiger partial charge is 0.462 e. The van der Waals surface area contributed by atoms with Gasteiger partial charge in [-0.15, -0.1) is 37.2 Å². The second-order valence-corrected chi connectivity index (χ2v) is 37.7. The summed E-state index contributed by atoms with van der Waals surface area (Å²) >= 11 is 2.34. The Bertz CT molecular complexity index is 5610. The maximum Gasteiger partial charge on any atom is 0.408 e. The smallest absolute Gasteiger partial charge is 0.408 e. The Kier molecular flexibility index (Phi) is 40.2. The minimum Gasteiger partial charge on any atom is -0.462 e. The van der Waals surface area contributed by atoms with E-state index in [0.29, 0.717) is 63.8 Å². The number of fused-ring (bicyclic) bond motifs is 3. The molecule has 8 aromatic heterocycles. The van der Waals surface area contributed by atoms with Gasteiger partial charge in [-0.3, -0.25) is 33.6 Å². The Morgan fingerprint density at radius 1 is 0.534 bits per heavy atom. The number of rotatable bonds is 14. The van der Waals surface area contributed by atoms with Crippen molar-refractivity contribution in [2.75, 3.05) is 41.5 Å². The number of hydrogen-bond donors (Lipinski definition) is 10. The summed E-state index contributed by atoms with van der Waals surface area (Å²) in [5.41, 5.74) is 63.4. The van der Waals surface area contributed by atoms with E-state index in [-0.39, 0.29) is 90.0 Å². The van der Waals surface area contributed by atoms with Crippen LogP contribution in [0.4, 0.5) is 39.3 Å². The third-order valence-corrected chi connectivity index (χ3v) is 22.9. The number of aldehydes is 3. The van der Waals surface area contributed by atoms with Gasteiger partial charge in [0.2, 0.25) is 0 Å². The van der Waals surface area contributed by atoms with E-state index >= 15 is 0 Å². The number of anilines is 6. The number of hydrogen-bond acceptors (Lipinski definition) is 27. The van der Waals surface area contributed by atoms with Gasteiger partial charge in [0.1, 0.15) is 23.1 Å². The van der Waals surface area contributed by atoms with Crippen LogP contribution >= 0.6 is 59.8 Å². The summed E-state index contributed by atoms with van der Waals surface area (Å²) in [4.78, 5) is 87.9. The highest BCUT2D eigenvalue weighted by Crippen LogP contribution is 2.47. The van der Waals surface area contributed by atoms with Gasteiger partial charge in [-0.25, -0.2) is 24.5 Å². The minimum atomic E-state index is -0.581. The summed E-state index contributed by atoms with van der Waals surface area (Å²) in [6, 6.07) is 25.2. The third kappa shape index (κ3) is 28.8. The van der Waals surface area contributed by atoms with Crippen LogP contribution in [0.25, 0.3) is 33.4 Å². The van der Waals surface area contributed by atoms with Crippen LogP contribution in [0.15, 0.2) is 100 Å². The van der Waals surface area contributed by atoms with E-state index in [4.69, 9.17) is 53.9 Å². The number of esters is 1. The number of H-pyrrole nitrogens is 1. The predicted molar refractivity (Wildman–Crippen MR) is 530 cm³/mol. The highest BCUT2D eigenvalue weighted by Gasteiger charge is 2.45. The maximum absolute atomic E-state index is 12.8. The molecule has 5 aliphatic carbocycles. The van der Waals surface area contributed by atoms with Crippen LogP contribution in [-0.2, 0) is 39.6 Å². The van der Waals surface area contributed by atoms with Gasteiger partial charge in [0, 0.05) is 85.2 Å². The summed E-state index contributed by atoms with van der Waals surface area (Å²) in [7, 11) is 1.28. The average molecular weight is 1970 g/mol. The summed E-state index contributed by atoms with van der Waals surface area (Å²) in [5.74, 6) is 1.35. The normalized spacial score (nSPS) is 15.6. The lowest BCUT2D eigenvalue weighted by Crippen LogP contribution is -2.35. The van der Waals surface area contributed by atoms with E-state index in [1.165, 1.54) is 42.2 Å². The highest BCUT2D eigenvalue weighted by atomic mass is 127. The van der Waals surface area contributed by atoms with Crippen LogP contribution in [0.1, 0.15) is 321 Å². The zero-order valence-electron chi connectivity index (χ0n) is 78.3. The number of carbonyl (C=O) groups excluding carboxylic acids is 6. The van der Waals surface area contributed by atoms with Crippen molar-refractivity contribution in [3.05, 3.63) is 199 Å². The van der Waals surface area contributed by atoms with Gasteiger partial charge in [0.15, 0.2) is 30.5 Å². The number of ether oxygens (including phenoxy) is 2. The number of methoxy groups -OCH3 is 1. The Balaban J connectivity index is 0.000000242. The van der Waals surface area contributed by atoms with Crippen molar-refractivity contribution in [2.45, 2.75) is 271 Å². The first kappa shape index (κ1) is 108. The molecule has 2 saturated carbocycles. The van der Waals surface area contributed by atoms with E-state index in [0.717, 1.165) is 202 Å². The first-order valence-corrected chi connectivity index (χ1v) is 44.7. The summed E-state index contributed by atoms with van der Waals surface area (Å²) in [6.07, 6.45) is 23.8. The molecule has 11 aromatic rings. The van der Waals surface area contributed by atoms with Crippen molar-refractivity contribution in [3.8, 4) is 33.4 Å². The van der Waals surface area contributed by atoms with Crippen molar-refractivity contribution in [2.24, 2.45) is 5.73 Å². The minimum absolute atomic E-state index is 0. The molecule has 0 bridgehead atoms. The van der Waals surface area contributed by atoms with Gasteiger partial charge in [-0.2, -0.15) is 25.3 Å². The molecule has 131 heavy (non-hydrogen) atoms. The number of halogens is 4. The van der Waals surface area contributed by atoms with Crippen LogP contribution in [-0.4, -0.2) is 118 Å². The first-order valence-electron chi connectivity index (χ1n) is 43.5. The van der Waals surface area contributed by atoms with Crippen LogP contribution in [0.5, 0.6) is 0 Å². The van der Waals surface area contributed by atoms with Gasteiger partial charge in [0.05, 0.1) is 70.0 Å². The fraction of sp³-hybridized carbons (Fsp3) is 0.453. The number of carbonyl (C=O) groups is 6. The van der Waals surface area contributed by atoms with Crippen LogP contribution in [0.3, 0.4) is 0 Å². The number of nitrogens with one attached hydrogen (secondary N) is 3. The van der Waals surface area contributed by atoms with Crippen LogP contribution < -0.4 is 50.8 Å². The van der Waals surface area contributed by atoms with Crippen LogP contribution in [0.2, 0.25) is 0 Å². The maximum atomic E-state index is 12.8. The molecule has 8 heterocycles. The number of amides is 2. The number of nitrogen functional groups attached to an aromatic ring is 6. The molecular weight excluding hydrogens is 1840 g/mol. The Morgan fingerprint density at radius 2 is 0.901 bits per heavy atom. The zero-order chi connectivity index (χ0) is 93.8. The quantitative estimate of drug-likeness (QED) is 0.0159. The van der Waals surface area contributed by atoms with E-state index in [2.05, 4.69) is 157 Å². The van der Waals surface area contributed by atoms with Gasteiger partial charge in [-0.1, -0.05) is 134 Å². The molecule has 0 saturated heterocycles. The van der Waals surface area contributed by atoms with Crippen LogP contribution in [0, 0.1) is 41.5 Å². The fourth-order valence-electron chi connectivity index (χ4n) is 15.1. The molecule has 2 amide bonds. The molecule has 3 unspecified atom stereocenters. The molecule has 3 aromatic carbocycles. The number of aromatic nitrogens is 13. The number of pyridine rings is 3. The fourth-order valence-corrected chi connectivity index (χ4v) is 15.1. The predicted octanol–water partition coefficient (Wildman–Crippen LogP) is 19.0. The van der Waals surface area contributed by atoms with Gasteiger partial charge >= 0.3 is 29.8 Å². The topological polar surface area (TPSA) is 508 Å². The lowest BCUT2D eigenvalue weighted by Gasteiger charge is -2.24. The molecule has 5 aliphatic rings. The molecule has 708 valence electrons. The Morgan fingerprint density at radius 3 is 1.24 bits per heavy atom. The first-order chi connectivity index (χ1) is 60.6. The van der Waals surface area contributed by atoms with E-state index < -0.39 is 11.6 Å². The molecule has 36 heteroatoms. The molecule has 3 atom stereocenters. The lowest BCUT2D eigenvalue weighted by molar-refractivity contribution is 0.0498. The molecule has 2 fully saturated rings. The van der Waals surface area contributed by atoms with Gasteiger partial charge in [-0.05, 0) is 242 Å². The molecule has 16 rings (SSSR count). The number of alkyl carbamates (subject to hydrolysis) is 1. The Labute approximate surface area is 799 Å². The number of aryl methyl sites for hydroxylation is 7. The number of alkyl halides is 1. The van der Waals surface area contributed by atoms with Crippen molar-refractivity contribution in [3.63, 3.8) is 0 Å². The third-order valence-electron chi connectivity index (χ3n) is 22.9.